The van der Waals surface area contributed by atoms with E-state index in [1.165, 1.54) is 12.1 Å². The second-order valence-corrected chi connectivity index (χ2v) is 9.12. The van der Waals surface area contributed by atoms with Crippen molar-refractivity contribution in [3.05, 3.63) is 64.1 Å². The highest BCUT2D eigenvalue weighted by Crippen LogP contribution is 2.30. The van der Waals surface area contributed by atoms with Gasteiger partial charge in [-0.25, -0.2) is 0 Å². The lowest BCUT2D eigenvalue weighted by atomic mass is 10.0. The second-order valence-electron chi connectivity index (χ2n) is 9.12. The van der Waals surface area contributed by atoms with Crippen LogP contribution < -0.4 is 15.0 Å². The molecule has 3 aliphatic heterocycles. The first-order valence-electron chi connectivity index (χ1n) is 12.1. The van der Waals surface area contributed by atoms with Gasteiger partial charge in [-0.2, -0.15) is 4.91 Å². The summed E-state index contributed by atoms with van der Waals surface area (Å²) in [5.41, 5.74) is 2.21. The van der Waals surface area contributed by atoms with E-state index in [0.717, 1.165) is 42.1 Å². The van der Waals surface area contributed by atoms with E-state index in [4.69, 9.17) is 4.74 Å². The van der Waals surface area contributed by atoms with Gasteiger partial charge in [0.05, 0.1) is 17.2 Å². The summed E-state index contributed by atoms with van der Waals surface area (Å²) >= 11 is 0. The zero-order valence-corrected chi connectivity index (χ0v) is 19.9. The highest BCUT2D eigenvalue weighted by Gasteiger charge is 2.44. The van der Waals surface area contributed by atoms with Crippen molar-refractivity contribution in [1.29, 1.82) is 0 Å². The Labute approximate surface area is 212 Å². The van der Waals surface area contributed by atoms with Gasteiger partial charge < -0.3 is 9.64 Å². The Morgan fingerprint density at radius 3 is 2.51 bits per heavy atom. The van der Waals surface area contributed by atoms with E-state index < -0.39 is 29.7 Å². The van der Waals surface area contributed by atoms with Crippen LogP contribution in [-0.4, -0.2) is 60.3 Å². The van der Waals surface area contributed by atoms with Gasteiger partial charge in [-0.3, -0.25) is 29.4 Å². The number of hydrogen-bond donors (Lipinski definition) is 1. The van der Waals surface area contributed by atoms with Crippen LogP contribution >= 0.6 is 0 Å². The fourth-order valence-electron chi connectivity index (χ4n) is 4.81. The molecule has 0 aliphatic carbocycles. The standard InChI is InChI=1S/C27H24N4O6/c32-24-9-8-23(25(33)28-24)31-26(34)21-7-6-20(16-22(21)27(31)35)37-14-2-4-17-3-1-5-19(15-17)30-12-10-18(29-36)11-13-30/h1,3,5-7,15-16,18,23H,8-14H2,(H,28,32,33). The molecule has 2 aromatic rings. The number of carbonyl (C=O) groups excluding carboxylic acids is 4. The molecule has 0 bridgehead atoms. The van der Waals surface area contributed by atoms with Crippen LogP contribution in [0.1, 0.15) is 52.0 Å². The van der Waals surface area contributed by atoms with Crippen molar-refractivity contribution in [2.75, 3.05) is 24.6 Å². The van der Waals surface area contributed by atoms with E-state index in [2.05, 4.69) is 27.2 Å². The molecule has 1 N–H and O–H groups in total. The minimum absolute atomic E-state index is 0.0654. The van der Waals surface area contributed by atoms with Crippen molar-refractivity contribution >= 4 is 29.3 Å². The Hall–Kier alpha value is -4.52. The number of piperidine rings is 2. The normalized spacial score (nSPS) is 19.7. The predicted octanol–water partition coefficient (Wildman–Crippen LogP) is 2.25. The number of ether oxygens (including phenoxy) is 1. The van der Waals surface area contributed by atoms with Crippen molar-refractivity contribution in [2.24, 2.45) is 5.18 Å². The maximum atomic E-state index is 12.9. The van der Waals surface area contributed by atoms with Crippen molar-refractivity contribution in [3.63, 3.8) is 0 Å². The lowest BCUT2D eigenvalue weighted by Gasteiger charge is -2.30. The van der Waals surface area contributed by atoms with Gasteiger partial charge in [-0.1, -0.05) is 23.1 Å². The molecule has 4 amide bonds. The molecule has 0 spiro atoms. The zero-order chi connectivity index (χ0) is 25.9. The van der Waals surface area contributed by atoms with Crippen LogP contribution in [0, 0.1) is 16.7 Å². The third-order valence-electron chi connectivity index (χ3n) is 6.78. The van der Waals surface area contributed by atoms with Crippen LogP contribution in [0.15, 0.2) is 47.6 Å². The van der Waals surface area contributed by atoms with E-state index >= 15 is 0 Å². The van der Waals surface area contributed by atoms with Crippen LogP contribution in [0.5, 0.6) is 5.75 Å². The first-order chi connectivity index (χ1) is 17.9. The molecular formula is C27H24N4O6. The molecule has 0 aromatic heterocycles. The van der Waals surface area contributed by atoms with Crippen molar-refractivity contribution in [3.8, 4) is 17.6 Å². The van der Waals surface area contributed by atoms with E-state index in [9.17, 15) is 24.1 Å². The highest BCUT2D eigenvalue weighted by atomic mass is 16.5. The van der Waals surface area contributed by atoms with E-state index in [-0.39, 0.29) is 36.6 Å². The number of nitroso groups, excluding NO2 is 1. The molecule has 10 nitrogen and oxygen atoms in total. The Balaban J connectivity index is 1.21. The molecule has 5 rings (SSSR count). The average Bonchev–Trinajstić information content (AvgIpc) is 3.16. The predicted molar refractivity (Wildman–Crippen MR) is 133 cm³/mol. The first kappa shape index (κ1) is 24.2. The smallest absolute Gasteiger partial charge is 0.262 e. The minimum Gasteiger partial charge on any atom is -0.481 e. The number of hydrogen-bond acceptors (Lipinski definition) is 8. The maximum Gasteiger partial charge on any atom is 0.262 e. The molecule has 2 saturated heterocycles. The van der Waals surface area contributed by atoms with Gasteiger partial charge in [-0.05, 0) is 55.7 Å². The zero-order valence-electron chi connectivity index (χ0n) is 19.9. The number of amides is 4. The molecule has 1 unspecified atom stereocenters. The quantitative estimate of drug-likeness (QED) is 0.379. The van der Waals surface area contributed by atoms with Crippen molar-refractivity contribution in [2.45, 2.75) is 37.8 Å². The topological polar surface area (TPSA) is 125 Å². The van der Waals surface area contributed by atoms with E-state index in [1.807, 2.05) is 24.3 Å². The van der Waals surface area contributed by atoms with Gasteiger partial charge in [0.1, 0.15) is 18.4 Å². The van der Waals surface area contributed by atoms with E-state index in [1.54, 1.807) is 6.07 Å². The molecular weight excluding hydrogens is 476 g/mol. The van der Waals surface area contributed by atoms with Crippen molar-refractivity contribution < 1.29 is 23.9 Å². The summed E-state index contributed by atoms with van der Waals surface area (Å²) < 4.78 is 5.69. The highest BCUT2D eigenvalue weighted by molar-refractivity contribution is 6.23. The fraction of sp³-hybridized carbons (Fsp3) is 0.333. The Kier molecular flexibility index (Phi) is 6.68. The van der Waals surface area contributed by atoms with Gasteiger partial charge in [0, 0.05) is 30.8 Å². The Morgan fingerprint density at radius 1 is 0.973 bits per heavy atom. The van der Waals surface area contributed by atoms with Gasteiger partial charge in [0.15, 0.2) is 0 Å². The fourth-order valence-corrected chi connectivity index (χ4v) is 4.81. The summed E-state index contributed by atoms with van der Waals surface area (Å²) in [5, 5.41) is 5.33. The summed E-state index contributed by atoms with van der Waals surface area (Å²) in [6.07, 6.45) is 1.65. The molecule has 3 heterocycles. The van der Waals surface area contributed by atoms with Gasteiger partial charge in [0.2, 0.25) is 11.8 Å². The number of benzene rings is 2. The van der Waals surface area contributed by atoms with Crippen LogP contribution in [0.2, 0.25) is 0 Å². The minimum atomic E-state index is -1.01. The molecule has 0 saturated carbocycles. The summed E-state index contributed by atoms with van der Waals surface area (Å²) in [6.45, 7) is 1.62. The Bertz CT molecular complexity index is 1350. The molecule has 37 heavy (non-hydrogen) atoms. The maximum absolute atomic E-state index is 12.9. The van der Waals surface area contributed by atoms with Gasteiger partial charge >= 0.3 is 0 Å². The molecule has 3 aliphatic rings. The monoisotopic (exact) mass is 500 g/mol. The molecule has 1 atom stereocenters. The lowest BCUT2D eigenvalue weighted by Crippen LogP contribution is -2.54. The van der Waals surface area contributed by atoms with Crippen LogP contribution in [-0.2, 0) is 9.59 Å². The summed E-state index contributed by atoms with van der Waals surface area (Å²) in [5.74, 6) is 4.19. The SMILES string of the molecule is O=NC1CCN(c2cccc(C#CCOc3ccc4c(c3)C(=O)N(C3CCC(=O)NC3=O)C4=O)c2)CC1. The molecule has 0 radical (unpaired) electrons. The molecule has 2 aromatic carbocycles. The van der Waals surface area contributed by atoms with Gasteiger partial charge in [0.25, 0.3) is 11.8 Å². The third-order valence-corrected chi connectivity index (χ3v) is 6.78. The number of nitrogens with zero attached hydrogens (tertiary/aromatic N) is 3. The number of fused-ring (bicyclic) bond motifs is 1. The Morgan fingerprint density at radius 2 is 1.76 bits per heavy atom. The van der Waals surface area contributed by atoms with Gasteiger partial charge in [-0.15, -0.1) is 0 Å². The summed E-state index contributed by atoms with van der Waals surface area (Å²) in [6, 6.07) is 11.3. The summed E-state index contributed by atoms with van der Waals surface area (Å²) in [7, 11) is 0. The lowest BCUT2D eigenvalue weighted by molar-refractivity contribution is -0.136. The molecule has 188 valence electrons. The third kappa shape index (κ3) is 4.93. The largest absolute Gasteiger partial charge is 0.481 e. The number of imide groups is 2. The second kappa shape index (κ2) is 10.2. The summed E-state index contributed by atoms with van der Waals surface area (Å²) in [4.78, 5) is 63.2. The van der Waals surface area contributed by atoms with Crippen LogP contribution in [0.25, 0.3) is 0 Å². The van der Waals surface area contributed by atoms with Crippen LogP contribution in [0.4, 0.5) is 5.69 Å². The number of rotatable bonds is 5. The van der Waals surface area contributed by atoms with E-state index in [0.29, 0.717) is 5.75 Å². The number of anilines is 1. The number of carbonyl (C=O) groups is 4. The van der Waals surface area contributed by atoms with Crippen molar-refractivity contribution in [1.82, 2.24) is 10.2 Å². The van der Waals surface area contributed by atoms with Crippen LogP contribution in [0.3, 0.4) is 0 Å². The number of nitrogens with one attached hydrogen (secondary N) is 1. The molecule has 2 fully saturated rings. The first-order valence-corrected chi connectivity index (χ1v) is 12.1. The molecule has 10 heteroatoms. The average molecular weight is 501 g/mol.